The van der Waals surface area contributed by atoms with Crippen LogP contribution in [0.2, 0.25) is 0 Å². The number of aromatic nitrogens is 1. The predicted molar refractivity (Wildman–Crippen MR) is 70.7 cm³/mol. The fraction of sp³-hybridized carbons (Fsp3) is 0.154. The molecule has 1 aromatic heterocycles. The summed E-state index contributed by atoms with van der Waals surface area (Å²) < 4.78 is 13.9. The first kappa shape index (κ1) is 12.8. The van der Waals surface area contributed by atoms with Gasteiger partial charge >= 0.3 is 0 Å². The van der Waals surface area contributed by atoms with Gasteiger partial charge < -0.3 is 9.88 Å². The van der Waals surface area contributed by atoms with Crippen molar-refractivity contribution in [2.45, 2.75) is 6.54 Å². The molecule has 3 nitrogen and oxygen atoms in total. The van der Waals surface area contributed by atoms with E-state index in [0.717, 1.165) is 10.0 Å². The van der Waals surface area contributed by atoms with Crippen molar-refractivity contribution in [2.75, 3.05) is 7.05 Å². The van der Waals surface area contributed by atoms with E-state index in [4.69, 9.17) is 0 Å². The number of nitrogens with one attached hydrogen (secondary N) is 1. The maximum absolute atomic E-state index is 13.0. The van der Waals surface area contributed by atoms with Crippen molar-refractivity contribution in [3.8, 4) is 0 Å². The summed E-state index contributed by atoms with van der Waals surface area (Å²) in [4.78, 5) is 16.4. The van der Waals surface area contributed by atoms with Crippen LogP contribution in [0.15, 0.2) is 41.0 Å². The zero-order chi connectivity index (χ0) is 13.1. The van der Waals surface area contributed by atoms with Crippen LogP contribution in [0.3, 0.4) is 0 Å². The van der Waals surface area contributed by atoms with E-state index < -0.39 is 0 Å². The summed E-state index contributed by atoms with van der Waals surface area (Å²) in [6, 6.07) is 7.94. The number of amides is 1. The van der Waals surface area contributed by atoms with Gasteiger partial charge in [-0.15, -0.1) is 0 Å². The molecule has 0 saturated carbocycles. The summed E-state index contributed by atoms with van der Waals surface area (Å²) in [7, 11) is 1.68. The van der Waals surface area contributed by atoms with Gasteiger partial charge in [0.05, 0.1) is 0 Å². The van der Waals surface area contributed by atoms with Crippen LogP contribution in [0.25, 0.3) is 0 Å². The highest BCUT2D eigenvalue weighted by Gasteiger charge is 2.13. The number of benzene rings is 1. The maximum Gasteiger partial charge on any atom is 0.270 e. The van der Waals surface area contributed by atoms with Crippen LogP contribution in [0.1, 0.15) is 16.1 Å². The van der Waals surface area contributed by atoms with Crippen molar-refractivity contribution >= 4 is 21.8 Å². The second-order valence-corrected chi connectivity index (χ2v) is 4.94. The highest BCUT2D eigenvalue weighted by molar-refractivity contribution is 9.10. The van der Waals surface area contributed by atoms with E-state index in [0.29, 0.717) is 12.2 Å². The lowest BCUT2D eigenvalue weighted by Crippen LogP contribution is -2.26. The highest BCUT2D eigenvalue weighted by Crippen LogP contribution is 2.13. The molecule has 1 heterocycles. The summed E-state index contributed by atoms with van der Waals surface area (Å²) >= 11 is 3.27. The molecule has 2 aromatic rings. The minimum atomic E-state index is -0.295. The van der Waals surface area contributed by atoms with Gasteiger partial charge in [-0.25, -0.2) is 4.39 Å². The highest BCUT2D eigenvalue weighted by atomic mass is 79.9. The van der Waals surface area contributed by atoms with Gasteiger partial charge in [-0.3, -0.25) is 4.79 Å². The van der Waals surface area contributed by atoms with Crippen LogP contribution in [0.5, 0.6) is 0 Å². The number of nitrogens with zero attached hydrogens (tertiary/aromatic N) is 1. The summed E-state index contributed by atoms with van der Waals surface area (Å²) in [6.45, 7) is 0.368. The first-order valence-corrected chi connectivity index (χ1v) is 6.19. The first-order valence-electron chi connectivity index (χ1n) is 5.40. The maximum atomic E-state index is 13.0. The second-order valence-electron chi connectivity index (χ2n) is 4.02. The monoisotopic (exact) mass is 310 g/mol. The number of halogens is 2. The van der Waals surface area contributed by atoms with Gasteiger partial charge in [0.25, 0.3) is 5.91 Å². The summed E-state index contributed by atoms with van der Waals surface area (Å²) in [5, 5.41) is 0. The zero-order valence-corrected chi connectivity index (χ0v) is 11.4. The van der Waals surface area contributed by atoms with Crippen LogP contribution in [0, 0.1) is 5.82 Å². The quantitative estimate of drug-likeness (QED) is 0.928. The Hall–Kier alpha value is -1.62. The predicted octanol–water partition coefficient (Wildman–Crippen LogP) is 3.19. The van der Waals surface area contributed by atoms with Crippen LogP contribution >= 0.6 is 15.9 Å². The molecule has 94 valence electrons. The molecule has 0 aliphatic rings. The number of hydrogen-bond donors (Lipinski definition) is 1. The zero-order valence-electron chi connectivity index (χ0n) is 9.78. The molecule has 0 saturated heterocycles. The third-order valence-electron chi connectivity index (χ3n) is 2.53. The molecular formula is C13H12BrFN2O. The Morgan fingerprint density at radius 3 is 2.83 bits per heavy atom. The molecule has 0 unspecified atom stereocenters. The second kappa shape index (κ2) is 5.35. The van der Waals surface area contributed by atoms with Crippen LogP contribution in [-0.4, -0.2) is 22.8 Å². The molecule has 0 aliphatic carbocycles. The molecule has 18 heavy (non-hydrogen) atoms. The average molecular weight is 311 g/mol. The number of carbonyl (C=O) groups excluding carboxylic acids is 1. The van der Waals surface area contributed by atoms with E-state index in [1.54, 1.807) is 31.4 Å². The molecule has 0 fully saturated rings. The Morgan fingerprint density at radius 2 is 2.22 bits per heavy atom. The number of hydrogen-bond acceptors (Lipinski definition) is 1. The van der Waals surface area contributed by atoms with E-state index in [1.165, 1.54) is 17.0 Å². The average Bonchev–Trinajstić information content (AvgIpc) is 2.75. The number of aromatic amines is 1. The topological polar surface area (TPSA) is 36.1 Å². The minimum Gasteiger partial charge on any atom is -0.356 e. The Kier molecular flexibility index (Phi) is 3.81. The van der Waals surface area contributed by atoms with Gasteiger partial charge in [0.1, 0.15) is 11.5 Å². The van der Waals surface area contributed by atoms with E-state index in [9.17, 15) is 9.18 Å². The summed E-state index contributed by atoms with van der Waals surface area (Å²) in [5.41, 5.74) is 1.26. The molecule has 0 aliphatic heterocycles. The van der Waals surface area contributed by atoms with Gasteiger partial charge in [-0.05, 0) is 39.7 Å². The van der Waals surface area contributed by atoms with E-state index >= 15 is 0 Å². The largest absolute Gasteiger partial charge is 0.356 e. The summed E-state index contributed by atoms with van der Waals surface area (Å²) in [5.74, 6) is -0.430. The lowest BCUT2D eigenvalue weighted by atomic mass is 10.2. The molecule has 0 atom stereocenters. The standard InChI is InChI=1S/C13H12BrFN2O/c1-17(8-9-3-2-4-11(15)5-9)13(18)12-6-10(14)7-16-12/h2-7,16H,8H2,1H3. The normalized spacial score (nSPS) is 10.4. The lowest BCUT2D eigenvalue weighted by molar-refractivity contribution is 0.0780. The van der Waals surface area contributed by atoms with Crippen molar-refractivity contribution in [3.63, 3.8) is 0 Å². The van der Waals surface area contributed by atoms with Crippen molar-refractivity contribution < 1.29 is 9.18 Å². The number of carbonyl (C=O) groups is 1. The van der Waals surface area contributed by atoms with Gasteiger partial charge in [-0.2, -0.15) is 0 Å². The Morgan fingerprint density at radius 1 is 1.44 bits per heavy atom. The fourth-order valence-corrected chi connectivity index (χ4v) is 2.02. The molecule has 5 heteroatoms. The number of H-pyrrole nitrogens is 1. The van der Waals surface area contributed by atoms with Crippen molar-refractivity contribution in [1.82, 2.24) is 9.88 Å². The fourth-order valence-electron chi connectivity index (χ4n) is 1.68. The van der Waals surface area contributed by atoms with E-state index in [-0.39, 0.29) is 11.7 Å². The van der Waals surface area contributed by atoms with Gasteiger partial charge in [-0.1, -0.05) is 12.1 Å². The molecule has 0 spiro atoms. The van der Waals surface area contributed by atoms with Crippen molar-refractivity contribution in [1.29, 1.82) is 0 Å². The van der Waals surface area contributed by atoms with Crippen LogP contribution < -0.4 is 0 Å². The Labute approximate surface area is 113 Å². The van der Waals surface area contributed by atoms with Crippen molar-refractivity contribution in [3.05, 3.63) is 58.1 Å². The van der Waals surface area contributed by atoms with Crippen LogP contribution in [-0.2, 0) is 6.54 Å². The summed E-state index contributed by atoms with van der Waals surface area (Å²) in [6.07, 6.45) is 1.70. The molecule has 1 aromatic carbocycles. The Balaban J connectivity index is 2.08. The smallest absolute Gasteiger partial charge is 0.270 e. The lowest BCUT2D eigenvalue weighted by Gasteiger charge is -2.16. The number of rotatable bonds is 3. The Bertz CT molecular complexity index is 568. The molecule has 0 bridgehead atoms. The van der Waals surface area contributed by atoms with Gasteiger partial charge in [0.15, 0.2) is 0 Å². The molecule has 1 N–H and O–H groups in total. The molecular weight excluding hydrogens is 299 g/mol. The molecule has 2 rings (SSSR count). The third kappa shape index (κ3) is 2.98. The molecule has 1 amide bonds. The van der Waals surface area contributed by atoms with Crippen LogP contribution in [0.4, 0.5) is 4.39 Å². The molecule has 0 radical (unpaired) electrons. The van der Waals surface area contributed by atoms with Gasteiger partial charge in [0, 0.05) is 24.3 Å². The van der Waals surface area contributed by atoms with Crippen molar-refractivity contribution in [2.24, 2.45) is 0 Å². The minimum absolute atomic E-state index is 0.134. The van der Waals surface area contributed by atoms with Gasteiger partial charge in [0.2, 0.25) is 0 Å². The van der Waals surface area contributed by atoms with E-state index in [2.05, 4.69) is 20.9 Å². The third-order valence-corrected chi connectivity index (χ3v) is 2.99. The first-order chi connectivity index (χ1) is 8.56. The van der Waals surface area contributed by atoms with E-state index in [1.807, 2.05) is 0 Å². The SMILES string of the molecule is CN(Cc1cccc(F)c1)C(=O)c1cc(Br)c[nH]1.